The van der Waals surface area contributed by atoms with Crippen molar-refractivity contribution in [1.29, 1.82) is 0 Å². The normalized spacial score (nSPS) is 20.3. The predicted octanol–water partition coefficient (Wildman–Crippen LogP) is 3.16. The number of thiophene rings is 1. The summed E-state index contributed by atoms with van der Waals surface area (Å²) in [5.41, 5.74) is 1.15. The first-order valence-electron chi connectivity index (χ1n) is 8.63. The van der Waals surface area contributed by atoms with Crippen LogP contribution in [0.3, 0.4) is 0 Å². The lowest BCUT2D eigenvalue weighted by molar-refractivity contribution is -0.131. The molecule has 6 heteroatoms. The molecule has 0 radical (unpaired) electrons. The Morgan fingerprint density at radius 2 is 2.33 bits per heavy atom. The lowest BCUT2D eigenvalue weighted by Gasteiger charge is -2.26. The molecule has 0 aliphatic carbocycles. The largest absolute Gasteiger partial charge is 0.334 e. The summed E-state index contributed by atoms with van der Waals surface area (Å²) in [5.74, 6) is 0.196. The van der Waals surface area contributed by atoms with Gasteiger partial charge in [-0.1, -0.05) is 6.07 Å². The fraction of sp³-hybridized carbons (Fsp3) is 0.556. The average molecular weight is 346 g/mol. The minimum absolute atomic E-state index is 0.177. The SMILES string of the molecule is Cc1cnn([C@H](C)[C@@H](C)NCC(=O)N2CCC[C@H]2c2cccs2)c1. The summed E-state index contributed by atoms with van der Waals surface area (Å²) in [6.45, 7) is 7.52. The van der Waals surface area contributed by atoms with E-state index >= 15 is 0 Å². The number of hydrogen-bond donors (Lipinski definition) is 1. The molecule has 1 aliphatic heterocycles. The molecule has 2 aromatic heterocycles. The predicted molar refractivity (Wildman–Crippen MR) is 97.1 cm³/mol. The van der Waals surface area contributed by atoms with Gasteiger partial charge in [0.05, 0.1) is 24.8 Å². The van der Waals surface area contributed by atoms with Crippen LogP contribution in [0.15, 0.2) is 29.9 Å². The molecule has 1 fully saturated rings. The lowest BCUT2D eigenvalue weighted by Crippen LogP contribution is -2.42. The van der Waals surface area contributed by atoms with Crippen LogP contribution in [0.2, 0.25) is 0 Å². The number of amides is 1. The Balaban J connectivity index is 1.55. The van der Waals surface area contributed by atoms with E-state index in [2.05, 4.69) is 41.8 Å². The van der Waals surface area contributed by atoms with Gasteiger partial charge in [-0.05, 0) is 50.6 Å². The summed E-state index contributed by atoms with van der Waals surface area (Å²) in [7, 11) is 0. The molecular weight excluding hydrogens is 320 g/mol. The number of nitrogens with one attached hydrogen (secondary N) is 1. The summed E-state index contributed by atoms with van der Waals surface area (Å²) < 4.78 is 1.96. The summed E-state index contributed by atoms with van der Waals surface area (Å²) in [4.78, 5) is 16.0. The van der Waals surface area contributed by atoms with Crippen LogP contribution in [0.5, 0.6) is 0 Å². The molecular formula is C18H26N4OS. The van der Waals surface area contributed by atoms with E-state index in [4.69, 9.17) is 0 Å². The molecule has 3 heterocycles. The minimum Gasteiger partial charge on any atom is -0.334 e. The standard InChI is InChI=1S/C18H26N4OS/c1-13-10-20-22(12-13)15(3)14(2)19-11-18(23)21-8-4-6-16(21)17-7-5-9-24-17/h5,7,9-10,12,14-16,19H,4,6,8,11H2,1-3H3/t14-,15-,16+/m1/s1. The van der Waals surface area contributed by atoms with Gasteiger partial charge in [-0.25, -0.2) is 0 Å². The van der Waals surface area contributed by atoms with Crippen LogP contribution in [-0.2, 0) is 4.79 Å². The van der Waals surface area contributed by atoms with Crippen LogP contribution in [-0.4, -0.2) is 39.7 Å². The Hall–Kier alpha value is -1.66. The van der Waals surface area contributed by atoms with E-state index in [-0.39, 0.29) is 24.0 Å². The van der Waals surface area contributed by atoms with Gasteiger partial charge in [-0.2, -0.15) is 5.10 Å². The summed E-state index contributed by atoms with van der Waals surface area (Å²) in [5, 5.41) is 9.84. The van der Waals surface area contributed by atoms with Gasteiger partial charge in [0, 0.05) is 23.7 Å². The zero-order valence-electron chi connectivity index (χ0n) is 14.6. The average Bonchev–Trinajstić information content (AvgIpc) is 3.30. The van der Waals surface area contributed by atoms with Gasteiger partial charge in [0.1, 0.15) is 0 Å². The zero-order chi connectivity index (χ0) is 17.1. The molecule has 0 saturated carbocycles. The summed E-state index contributed by atoms with van der Waals surface area (Å²) in [6.07, 6.45) is 6.07. The van der Waals surface area contributed by atoms with Gasteiger partial charge in [0.2, 0.25) is 5.91 Å². The van der Waals surface area contributed by atoms with Crippen molar-refractivity contribution in [2.24, 2.45) is 0 Å². The third-order valence-electron chi connectivity index (χ3n) is 4.89. The fourth-order valence-electron chi connectivity index (χ4n) is 3.25. The Morgan fingerprint density at radius 3 is 3.00 bits per heavy atom. The van der Waals surface area contributed by atoms with Crippen LogP contribution in [0, 0.1) is 6.92 Å². The van der Waals surface area contributed by atoms with E-state index in [0.717, 1.165) is 24.9 Å². The van der Waals surface area contributed by atoms with Crippen molar-refractivity contribution in [3.63, 3.8) is 0 Å². The molecule has 0 spiro atoms. The monoisotopic (exact) mass is 346 g/mol. The van der Waals surface area contributed by atoms with E-state index in [1.165, 1.54) is 4.88 Å². The number of aromatic nitrogens is 2. The second-order valence-electron chi connectivity index (χ2n) is 6.67. The molecule has 2 aromatic rings. The van der Waals surface area contributed by atoms with E-state index < -0.39 is 0 Å². The first kappa shape index (κ1) is 17.2. The molecule has 1 aliphatic rings. The topological polar surface area (TPSA) is 50.2 Å². The Labute approximate surface area is 147 Å². The molecule has 0 aromatic carbocycles. The highest BCUT2D eigenvalue weighted by molar-refractivity contribution is 7.10. The number of rotatable bonds is 6. The van der Waals surface area contributed by atoms with E-state index in [1.807, 2.05) is 28.9 Å². The maximum Gasteiger partial charge on any atom is 0.237 e. The van der Waals surface area contributed by atoms with Crippen molar-refractivity contribution in [3.8, 4) is 0 Å². The summed E-state index contributed by atoms with van der Waals surface area (Å²) in [6, 6.07) is 4.85. The number of nitrogens with zero attached hydrogens (tertiary/aromatic N) is 3. The van der Waals surface area contributed by atoms with Crippen molar-refractivity contribution in [1.82, 2.24) is 20.0 Å². The minimum atomic E-state index is 0.177. The van der Waals surface area contributed by atoms with Gasteiger partial charge in [0.25, 0.3) is 0 Å². The third kappa shape index (κ3) is 3.70. The van der Waals surface area contributed by atoms with Crippen molar-refractivity contribution in [2.45, 2.75) is 51.7 Å². The zero-order valence-corrected chi connectivity index (χ0v) is 15.4. The number of carbonyl (C=O) groups excluding carboxylic acids is 1. The first-order chi connectivity index (χ1) is 11.6. The van der Waals surface area contributed by atoms with E-state index in [1.54, 1.807) is 11.3 Å². The number of aryl methyl sites for hydroxylation is 1. The van der Waals surface area contributed by atoms with Crippen LogP contribution in [0.1, 0.15) is 49.2 Å². The van der Waals surface area contributed by atoms with Gasteiger partial charge >= 0.3 is 0 Å². The van der Waals surface area contributed by atoms with Crippen molar-refractivity contribution >= 4 is 17.2 Å². The molecule has 3 rings (SSSR count). The molecule has 1 saturated heterocycles. The quantitative estimate of drug-likeness (QED) is 0.874. The molecule has 24 heavy (non-hydrogen) atoms. The van der Waals surface area contributed by atoms with Crippen LogP contribution in [0.4, 0.5) is 0 Å². The molecule has 5 nitrogen and oxygen atoms in total. The van der Waals surface area contributed by atoms with Crippen LogP contribution >= 0.6 is 11.3 Å². The third-order valence-corrected chi connectivity index (χ3v) is 5.87. The van der Waals surface area contributed by atoms with E-state index in [9.17, 15) is 4.79 Å². The van der Waals surface area contributed by atoms with Crippen LogP contribution < -0.4 is 5.32 Å². The van der Waals surface area contributed by atoms with Gasteiger partial charge in [-0.15, -0.1) is 11.3 Å². The second kappa shape index (κ2) is 7.49. The highest BCUT2D eigenvalue weighted by atomic mass is 32.1. The lowest BCUT2D eigenvalue weighted by atomic mass is 10.1. The molecule has 130 valence electrons. The van der Waals surface area contributed by atoms with E-state index in [0.29, 0.717) is 6.54 Å². The van der Waals surface area contributed by atoms with Crippen LogP contribution in [0.25, 0.3) is 0 Å². The Bertz CT molecular complexity index is 666. The van der Waals surface area contributed by atoms with Gasteiger partial charge in [0.15, 0.2) is 0 Å². The second-order valence-corrected chi connectivity index (χ2v) is 7.65. The van der Waals surface area contributed by atoms with Gasteiger partial charge in [-0.3, -0.25) is 9.48 Å². The molecule has 1 amide bonds. The Kier molecular flexibility index (Phi) is 5.36. The highest BCUT2D eigenvalue weighted by Gasteiger charge is 2.30. The van der Waals surface area contributed by atoms with Gasteiger partial charge < -0.3 is 10.2 Å². The van der Waals surface area contributed by atoms with Crippen molar-refractivity contribution < 1.29 is 4.79 Å². The smallest absolute Gasteiger partial charge is 0.237 e. The first-order valence-corrected chi connectivity index (χ1v) is 9.51. The highest BCUT2D eigenvalue weighted by Crippen LogP contribution is 2.34. The number of hydrogen-bond acceptors (Lipinski definition) is 4. The Morgan fingerprint density at radius 1 is 1.50 bits per heavy atom. The molecule has 3 atom stereocenters. The molecule has 0 bridgehead atoms. The molecule has 1 N–H and O–H groups in total. The maximum atomic E-state index is 12.7. The molecule has 0 unspecified atom stereocenters. The number of carbonyl (C=O) groups is 1. The maximum absolute atomic E-state index is 12.7. The van der Waals surface area contributed by atoms with Crippen molar-refractivity contribution in [2.75, 3.05) is 13.1 Å². The number of likely N-dealkylation sites (tertiary alicyclic amines) is 1. The van der Waals surface area contributed by atoms with Crippen molar-refractivity contribution in [3.05, 3.63) is 40.3 Å². The summed E-state index contributed by atoms with van der Waals surface area (Å²) >= 11 is 1.74. The fourth-order valence-corrected chi connectivity index (χ4v) is 4.12.